The first-order valence-electron chi connectivity index (χ1n) is 9.47. The van der Waals surface area contributed by atoms with Crippen molar-refractivity contribution in [1.29, 1.82) is 0 Å². The maximum Gasteiger partial charge on any atom is 0.416 e. The number of fused-ring (bicyclic) bond motifs is 2. The van der Waals surface area contributed by atoms with E-state index >= 15 is 0 Å². The number of amides is 1. The van der Waals surface area contributed by atoms with E-state index in [0.29, 0.717) is 27.9 Å². The van der Waals surface area contributed by atoms with Crippen LogP contribution in [0.4, 0.5) is 13.2 Å². The molecule has 162 valence electrons. The van der Waals surface area contributed by atoms with Crippen molar-refractivity contribution in [1.82, 2.24) is 29.6 Å². The minimum Gasteiger partial charge on any atom is -0.395 e. The summed E-state index contributed by atoms with van der Waals surface area (Å²) in [4.78, 5) is 20.6. The van der Waals surface area contributed by atoms with Crippen LogP contribution in [0, 0.1) is 0 Å². The van der Waals surface area contributed by atoms with Crippen molar-refractivity contribution in [3.05, 3.63) is 53.7 Å². The molecule has 0 aliphatic heterocycles. The van der Waals surface area contributed by atoms with Crippen LogP contribution in [-0.4, -0.2) is 48.5 Å². The van der Waals surface area contributed by atoms with Crippen LogP contribution in [0.1, 0.15) is 17.1 Å². The third-order valence-corrected chi connectivity index (χ3v) is 4.93. The summed E-state index contributed by atoms with van der Waals surface area (Å²) < 4.78 is 42.3. The van der Waals surface area contributed by atoms with Crippen molar-refractivity contribution in [2.75, 3.05) is 13.2 Å². The number of hydrogen-bond donors (Lipinski definition) is 2. The first-order chi connectivity index (χ1) is 14.8. The fourth-order valence-corrected chi connectivity index (χ4v) is 3.39. The van der Waals surface area contributed by atoms with Crippen molar-refractivity contribution >= 4 is 27.8 Å². The predicted molar refractivity (Wildman–Crippen MR) is 106 cm³/mol. The Morgan fingerprint density at radius 2 is 2.03 bits per heavy atom. The molecule has 8 nitrogen and oxygen atoms in total. The van der Waals surface area contributed by atoms with Crippen LogP contribution in [0.2, 0.25) is 0 Å². The standard InChI is InChI=1S/C20H19F3N6O2/c1-28-17-3-2-12(20(21,22)23)8-16(17)26-18(28)11-29-10-13-14(27-29)4-5-24-15(13)9-19(31)25-6-7-30/h2-5,8,10,30H,6-7,9,11H2,1H3,(H,25,31). The van der Waals surface area contributed by atoms with Gasteiger partial charge >= 0.3 is 6.18 Å². The minimum absolute atomic E-state index is 0.0372. The summed E-state index contributed by atoms with van der Waals surface area (Å²) in [5, 5.41) is 16.6. The second-order valence-electron chi connectivity index (χ2n) is 7.06. The molecule has 1 amide bonds. The van der Waals surface area contributed by atoms with Gasteiger partial charge in [0.15, 0.2) is 0 Å². The number of aliphatic hydroxyl groups is 1. The van der Waals surface area contributed by atoms with Gasteiger partial charge in [-0.2, -0.15) is 18.3 Å². The van der Waals surface area contributed by atoms with Crippen molar-refractivity contribution in [2.45, 2.75) is 19.1 Å². The fraction of sp³-hybridized carbons (Fsp3) is 0.300. The molecule has 31 heavy (non-hydrogen) atoms. The Morgan fingerprint density at radius 1 is 1.23 bits per heavy atom. The van der Waals surface area contributed by atoms with E-state index in [1.165, 1.54) is 6.07 Å². The van der Waals surface area contributed by atoms with E-state index in [2.05, 4.69) is 20.4 Å². The highest BCUT2D eigenvalue weighted by atomic mass is 19.4. The van der Waals surface area contributed by atoms with E-state index in [0.717, 1.165) is 12.1 Å². The Hall–Kier alpha value is -3.47. The molecule has 0 fully saturated rings. The quantitative estimate of drug-likeness (QED) is 0.486. The molecule has 0 aliphatic rings. The Morgan fingerprint density at radius 3 is 2.77 bits per heavy atom. The largest absolute Gasteiger partial charge is 0.416 e. The topological polar surface area (TPSA) is 97.9 Å². The number of pyridine rings is 1. The van der Waals surface area contributed by atoms with Gasteiger partial charge in [0.25, 0.3) is 0 Å². The maximum atomic E-state index is 13.0. The number of aliphatic hydroxyl groups excluding tert-OH is 1. The van der Waals surface area contributed by atoms with Gasteiger partial charge in [0.1, 0.15) is 5.82 Å². The molecular formula is C20H19F3N6O2. The zero-order valence-electron chi connectivity index (χ0n) is 16.5. The number of halogens is 3. The van der Waals surface area contributed by atoms with Crippen LogP contribution in [0.25, 0.3) is 21.9 Å². The average molecular weight is 432 g/mol. The average Bonchev–Trinajstić information content (AvgIpc) is 3.27. The second-order valence-corrected chi connectivity index (χ2v) is 7.06. The van der Waals surface area contributed by atoms with E-state index in [9.17, 15) is 18.0 Å². The molecule has 4 aromatic rings. The summed E-state index contributed by atoms with van der Waals surface area (Å²) in [6, 6.07) is 5.19. The van der Waals surface area contributed by atoms with Gasteiger partial charge in [-0.3, -0.25) is 14.5 Å². The molecule has 2 N–H and O–H groups in total. The smallest absolute Gasteiger partial charge is 0.395 e. The molecule has 0 spiro atoms. The van der Waals surface area contributed by atoms with E-state index < -0.39 is 11.7 Å². The number of alkyl halides is 3. The van der Waals surface area contributed by atoms with Gasteiger partial charge in [0.05, 0.1) is 47.4 Å². The normalized spacial score (nSPS) is 12.0. The Bertz CT molecular complexity index is 1260. The van der Waals surface area contributed by atoms with Crippen molar-refractivity contribution in [3.8, 4) is 0 Å². The molecule has 3 aromatic heterocycles. The zero-order valence-corrected chi connectivity index (χ0v) is 16.5. The van der Waals surface area contributed by atoms with Gasteiger partial charge in [-0.25, -0.2) is 4.98 Å². The lowest BCUT2D eigenvalue weighted by atomic mass is 10.2. The van der Waals surface area contributed by atoms with Gasteiger partial charge < -0.3 is 15.0 Å². The second kappa shape index (κ2) is 7.99. The third kappa shape index (κ3) is 4.22. The number of imidazole rings is 1. The number of nitrogens with one attached hydrogen (secondary N) is 1. The van der Waals surface area contributed by atoms with E-state index in [-0.39, 0.29) is 37.5 Å². The molecule has 0 unspecified atom stereocenters. The van der Waals surface area contributed by atoms with Crippen LogP contribution in [0.15, 0.2) is 36.7 Å². The highest BCUT2D eigenvalue weighted by Crippen LogP contribution is 2.31. The Balaban J connectivity index is 1.63. The molecule has 0 atom stereocenters. The molecule has 0 radical (unpaired) electrons. The molecule has 0 aliphatic carbocycles. The number of aromatic nitrogens is 5. The number of carbonyl (C=O) groups excluding carboxylic acids is 1. The lowest BCUT2D eigenvalue weighted by Crippen LogP contribution is -2.28. The molecule has 0 saturated heterocycles. The predicted octanol–water partition coefficient (Wildman–Crippen LogP) is 2.04. The molecule has 1 aromatic carbocycles. The summed E-state index contributed by atoms with van der Waals surface area (Å²) in [5.41, 5.74) is 1.27. The van der Waals surface area contributed by atoms with Gasteiger partial charge in [0.2, 0.25) is 5.91 Å². The molecule has 0 saturated carbocycles. The molecule has 3 heterocycles. The fourth-order valence-electron chi connectivity index (χ4n) is 3.39. The van der Waals surface area contributed by atoms with E-state index in [1.807, 2.05) is 0 Å². The monoisotopic (exact) mass is 432 g/mol. The minimum atomic E-state index is -4.43. The van der Waals surface area contributed by atoms with Crippen molar-refractivity contribution in [3.63, 3.8) is 0 Å². The number of rotatable bonds is 6. The summed E-state index contributed by atoms with van der Waals surface area (Å²) >= 11 is 0. The van der Waals surface area contributed by atoms with Crippen molar-refractivity contribution < 1.29 is 23.1 Å². The molecular weight excluding hydrogens is 413 g/mol. The maximum absolute atomic E-state index is 13.0. The molecule has 0 bridgehead atoms. The Labute approximate surface area is 174 Å². The van der Waals surface area contributed by atoms with Crippen molar-refractivity contribution in [2.24, 2.45) is 7.05 Å². The number of benzene rings is 1. The first-order valence-corrected chi connectivity index (χ1v) is 9.47. The lowest BCUT2D eigenvalue weighted by molar-refractivity contribution is -0.137. The number of carbonyl (C=O) groups is 1. The Kier molecular flexibility index (Phi) is 5.36. The van der Waals surface area contributed by atoms with Crippen LogP contribution < -0.4 is 5.32 Å². The van der Waals surface area contributed by atoms with Crippen LogP contribution in [0.3, 0.4) is 0 Å². The lowest BCUT2D eigenvalue weighted by Gasteiger charge is -2.06. The van der Waals surface area contributed by atoms with Crippen LogP contribution in [-0.2, 0) is 31.0 Å². The van der Waals surface area contributed by atoms with Gasteiger partial charge in [-0.15, -0.1) is 0 Å². The zero-order chi connectivity index (χ0) is 22.2. The summed E-state index contributed by atoms with van der Waals surface area (Å²) in [7, 11) is 1.74. The summed E-state index contributed by atoms with van der Waals surface area (Å²) in [6.07, 6.45) is -1.10. The summed E-state index contributed by atoms with van der Waals surface area (Å²) in [5.74, 6) is 0.273. The van der Waals surface area contributed by atoms with E-state index in [4.69, 9.17) is 5.11 Å². The highest BCUT2D eigenvalue weighted by Gasteiger charge is 2.31. The van der Waals surface area contributed by atoms with E-state index in [1.54, 1.807) is 34.8 Å². The number of aryl methyl sites for hydroxylation is 1. The highest BCUT2D eigenvalue weighted by molar-refractivity contribution is 5.86. The molecule has 11 heteroatoms. The number of hydrogen-bond acceptors (Lipinski definition) is 5. The van der Waals surface area contributed by atoms with Gasteiger partial charge in [-0.1, -0.05) is 0 Å². The van der Waals surface area contributed by atoms with Gasteiger partial charge in [0, 0.05) is 31.4 Å². The third-order valence-electron chi connectivity index (χ3n) is 4.93. The first kappa shape index (κ1) is 20.8. The van der Waals surface area contributed by atoms with Gasteiger partial charge in [-0.05, 0) is 24.3 Å². The summed E-state index contributed by atoms with van der Waals surface area (Å²) in [6.45, 7) is 0.248. The number of nitrogens with zero attached hydrogens (tertiary/aromatic N) is 5. The molecule has 4 rings (SSSR count). The SMILES string of the molecule is Cn1c(Cn2cc3c(CC(=O)NCCO)nccc3n2)nc2cc(C(F)(F)F)ccc21. The van der Waals surface area contributed by atoms with Crippen LogP contribution >= 0.6 is 0 Å². The van der Waals surface area contributed by atoms with Crippen LogP contribution in [0.5, 0.6) is 0 Å².